The van der Waals surface area contributed by atoms with Crippen LogP contribution in [-0.2, 0) is 0 Å². The highest BCUT2D eigenvalue weighted by Gasteiger charge is 2.11. The van der Waals surface area contributed by atoms with Crippen LogP contribution in [-0.4, -0.2) is 17.0 Å². The molecule has 1 aromatic carbocycles. The fourth-order valence-corrected chi connectivity index (χ4v) is 3.19. The number of fused-ring (bicyclic) bond motifs is 1. The first kappa shape index (κ1) is 14.2. The second kappa shape index (κ2) is 5.57. The first-order valence-corrected chi connectivity index (χ1v) is 7.91. The van der Waals surface area contributed by atoms with Gasteiger partial charge >= 0.3 is 0 Å². The van der Waals surface area contributed by atoms with Crippen molar-refractivity contribution in [3.8, 4) is 0 Å². The highest BCUT2D eigenvalue weighted by Crippen LogP contribution is 2.31. The highest BCUT2D eigenvalue weighted by atomic mass is 79.9. The topological polar surface area (TPSA) is 49.8 Å². The van der Waals surface area contributed by atoms with Crippen LogP contribution >= 0.6 is 27.3 Å². The predicted octanol–water partition coefficient (Wildman–Crippen LogP) is 4.69. The van der Waals surface area contributed by atoms with Crippen molar-refractivity contribution in [1.82, 2.24) is 9.97 Å². The smallest absolute Gasteiger partial charge is 0.225 e. The molecule has 0 aliphatic carbocycles. The summed E-state index contributed by atoms with van der Waals surface area (Å²) in [5.41, 5.74) is 1.61. The van der Waals surface area contributed by atoms with E-state index in [1.54, 1.807) is 13.1 Å². The third kappa shape index (κ3) is 2.71. The Morgan fingerprint density at radius 1 is 1.29 bits per heavy atom. The first-order chi connectivity index (χ1) is 10.1. The second-order valence-corrected chi connectivity index (χ2v) is 6.24. The predicted molar refractivity (Wildman–Crippen MR) is 89.1 cm³/mol. The normalized spacial score (nSPS) is 10.9. The van der Waals surface area contributed by atoms with Crippen molar-refractivity contribution < 1.29 is 4.39 Å². The van der Waals surface area contributed by atoms with E-state index in [-0.39, 0.29) is 5.82 Å². The van der Waals surface area contributed by atoms with Gasteiger partial charge in [-0.05, 0) is 52.0 Å². The molecule has 0 saturated heterocycles. The Bertz CT molecular complexity index is 818. The monoisotopic (exact) mass is 366 g/mol. The zero-order valence-electron chi connectivity index (χ0n) is 11.4. The van der Waals surface area contributed by atoms with E-state index in [0.29, 0.717) is 21.9 Å². The Morgan fingerprint density at radius 2 is 2.10 bits per heavy atom. The zero-order chi connectivity index (χ0) is 15.0. The van der Waals surface area contributed by atoms with E-state index in [9.17, 15) is 4.39 Å². The molecule has 0 radical (unpaired) electrons. The number of hydrogen-bond acceptors (Lipinski definition) is 5. The molecule has 4 nitrogen and oxygen atoms in total. The van der Waals surface area contributed by atoms with E-state index < -0.39 is 0 Å². The maximum absolute atomic E-state index is 13.7. The third-order valence-electron chi connectivity index (χ3n) is 3.07. The third-order valence-corrected chi connectivity index (χ3v) is 4.48. The van der Waals surface area contributed by atoms with Crippen molar-refractivity contribution in [1.29, 1.82) is 0 Å². The fourth-order valence-electron chi connectivity index (χ4n) is 1.97. The molecule has 3 rings (SSSR count). The molecular weight excluding hydrogens is 355 g/mol. The van der Waals surface area contributed by atoms with Crippen molar-refractivity contribution >= 4 is 54.9 Å². The SMILES string of the molecule is CNc1nc(Nc2cc(F)c(Br)cc2C)c2ccsc2n1. The summed E-state index contributed by atoms with van der Waals surface area (Å²) in [6, 6.07) is 5.15. The highest BCUT2D eigenvalue weighted by molar-refractivity contribution is 9.10. The van der Waals surface area contributed by atoms with Gasteiger partial charge in [-0.25, -0.2) is 9.37 Å². The standard InChI is InChI=1S/C14H12BrFN4S/c1-7-5-9(15)10(16)6-11(7)18-12-8-3-4-21-13(8)20-14(17-2)19-12/h3-6H,1-2H3,(H2,17,18,19,20). The molecule has 7 heteroatoms. The van der Waals surface area contributed by atoms with E-state index >= 15 is 0 Å². The van der Waals surface area contributed by atoms with Gasteiger partial charge in [-0.3, -0.25) is 0 Å². The van der Waals surface area contributed by atoms with Crippen LogP contribution in [0.15, 0.2) is 28.1 Å². The minimum atomic E-state index is -0.312. The number of thiophene rings is 1. The van der Waals surface area contributed by atoms with Crippen LogP contribution in [0.2, 0.25) is 0 Å². The summed E-state index contributed by atoms with van der Waals surface area (Å²) in [7, 11) is 1.77. The molecule has 2 aromatic heterocycles. The van der Waals surface area contributed by atoms with E-state index in [4.69, 9.17) is 0 Å². The molecule has 3 aromatic rings. The molecular formula is C14H12BrFN4S. The number of anilines is 3. The summed E-state index contributed by atoms with van der Waals surface area (Å²) in [6.07, 6.45) is 0. The number of hydrogen-bond donors (Lipinski definition) is 2. The molecule has 0 unspecified atom stereocenters. The lowest BCUT2D eigenvalue weighted by molar-refractivity contribution is 0.621. The van der Waals surface area contributed by atoms with Crippen LogP contribution in [0, 0.1) is 12.7 Å². The largest absolute Gasteiger partial charge is 0.357 e. The van der Waals surface area contributed by atoms with Crippen molar-refractivity contribution in [3.63, 3.8) is 0 Å². The van der Waals surface area contributed by atoms with E-state index in [1.165, 1.54) is 17.4 Å². The first-order valence-electron chi connectivity index (χ1n) is 6.24. The number of benzene rings is 1. The van der Waals surface area contributed by atoms with Gasteiger partial charge in [-0.15, -0.1) is 11.3 Å². The number of halogens is 2. The van der Waals surface area contributed by atoms with Crippen LogP contribution in [0.1, 0.15) is 5.56 Å². The van der Waals surface area contributed by atoms with Crippen LogP contribution < -0.4 is 10.6 Å². The van der Waals surface area contributed by atoms with Gasteiger partial charge in [-0.1, -0.05) is 0 Å². The van der Waals surface area contributed by atoms with Gasteiger partial charge < -0.3 is 10.6 Å². The van der Waals surface area contributed by atoms with Crippen molar-refractivity contribution in [2.24, 2.45) is 0 Å². The molecule has 0 bridgehead atoms. The average molecular weight is 367 g/mol. The van der Waals surface area contributed by atoms with E-state index in [1.807, 2.05) is 18.4 Å². The summed E-state index contributed by atoms with van der Waals surface area (Å²) in [5.74, 6) is 0.880. The summed E-state index contributed by atoms with van der Waals surface area (Å²) >= 11 is 4.72. The summed E-state index contributed by atoms with van der Waals surface area (Å²) in [6.45, 7) is 1.91. The van der Waals surface area contributed by atoms with E-state index in [2.05, 4.69) is 36.5 Å². The molecule has 108 valence electrons. The summed E-state index contributed by atoms with van der Waals surface area (Å²) in [4.78, 5) is 9.69. The van der Waals surface area contributed by atoms with Crippen LogP contribution in [0.25, 0.3) is 10.2 Å². The van der Waals surface area contributed by atoms with Gasteiger partial charge in [0.1, 0.15) is 16.5 Å². The minimum absolute atomic E-state index is 0.312. The van der Waals surface area contributed by atoms with Crippen LogP contribution in [0.5, 0.6) is 0 Å². The van der Waals surface area contributed by atoms with Gasteiger partial charge in [0, 0.05) is 12.7 Å². The number of aryl methyl sites for hydroxylation is 1. The van der Waals surface area contributed by atoms with Gasteiger partial charge in [0.05, 0.1) is 9.86 Å². The summed E-state index contributed by atoms with van der Waals surface area (Å²) in [5, 5.41) is 9.01. The Kier molecular flexibility index (Phi) is 3.77. The quantitative estimate of drug-likeness (QED) is 0.705. The van der Waals surface area contributed by atoms with Gasteiger partial charge in [0.25, 0.3) is 0 Å². The fraction of sp³-hybridized carbons (Fsp3) is 0.143. The number of nitrogens with zero attached hydrogens (tertiary/aromatic N) is 2. The Hall–Kier alpha value is -1.73. The molecule has 0 aliphatic heterocycles. The zero-order valence-corrected chi connectivity index (χ0v) is 13.8. The number of rotatable bonds is 3. The van der Waals surface area contributed by atoms with Crippen LogP contribution in [0.4, 0.5) is 21.8 Å². The molecule has 21 heavy (non-hydrogen) atoms. The lowest BCUT2D eigenvalue weighted by atomic mass is 10.2. The maximum Gasteiger partial charge on any atom is 0.225 e. The lowest BCUT2D eigenvalue weighted by Crippen LogP contribution is -2.02. The Balaban J connectivity index is 2.09. The number of nitrogens with one attached hydrogen (secondary N) is 2. The van der Waals surface area contributed by atoms with Crippen molar-refractivity contribution in [2.45, 2.75) is 6.92 Å². The van der Waals surface area contributed by atoms with Gasteiger partial charge in [0.15, 0.2) is 0 Å². The molecule has 0 aliphatic rings. The minimum Gasteiger partial charge on any atom is -0.357 e. The van der Waals surface area contributed by atoms with Crippen LogP contribution in [0.3, 0.4) is 0 Å². The Morgan fingerprint density at radius 3 is 2.86 bits per heavy atom. The Labute approximate surface area is 133 Å². The van der Waals surface area contributed by atoms with Gasteiger partial charge in [0.2, 0.25) is 5.95 Å². The lowest BCUT2D eigenvalue weighted by Gasteiger charge is -2.11. The van der Waals surface area contributed by atoms with Gasteiger partial charge in [-0.2, -0.15) is 4.98 Å². The summed E-state index contributed by atoms with van der Waals surface area (Å²) < 4.78 is 14.2. The van der Waals surface area contributed by atoms with Crippen molar-refractivity contribution in [3.05, 3.63) is 39.4 Å². The molecule has 0 amide bonds. The molecule has 0 saturated carbocycles. The number of aromatic nitrogens is 2. The van der Waals surface area contributed by atoms with Crippen molar-refractivity contribution in [2.75, 3.05) is 17.7 Å². The maximum atomic E-state index is 13.7. The molecule has 2 N–H and O–H groups in total. The average Bonchev–Trinajstić information content (AvgIpc) is 2.93. The molecule has 0 atom stereocenters. The molecule has 0 spiro atoms. The molecule has 2 heterocycles. The molecule has 0 fully saturated rings. The van der Waals surface area contributed by atoms with E-state index in [0.717, 1.165) is 15.8 Å². The second-order valence-electron chi connectivity index (χ2n) is 4.49.